The lowest BCUT2D eigenvalue weighted by molar-refractivity contribution is -0.385. The van der Waals surface area contributed by atoms with Crippen LogP contribution in [0.15, 0.2) is 48.5 Å². The molecule has 0 aromatic heterocycles. The maximum atomic E-state index is 11.0. The topological polar surface area (TPSA) is 64.4 Å². The van der Waals surface area contributed by atoms with Crippen LogP contribution in [0.3, 0.4) is 0 Å². The molecule has 2 aromatic rings. The summed E-state index contributed by atoms with van der Waals surface area (Å²) in [6, 6.07) is 14.5. The van der Waals surface area contributed by atoms with Crippen LogP contribution in [0.5, 0.6) is 5.75 Å². The lowest BCUT2D eigenvalue weighted by Gasteiger charge is -2.11. The van der Waals surface area contributed by atoms with Crippen molar-refractivity contribution in [1.29, 1.82) is 0 Å². The van der Waals surface area contributed by atoms with Crippen LogP contribution in [-0.2, 0) is 13.0 Å². The number of nitro groups is 1. The number of rotatable bonds is 7. The number of benzene rings is 2. The standard InChI is InChI=1S/C16H18N2O3/c1-17-12-14-7-3-5-9-16(14)21-11-10-13-6-2-4-8-15(13)18(19)20/h2-9,17H,10-12H2,1H3. The number of hydrogen-bond donors (Lipinski definition) is 1. The number of para-hydroxylation sites is 2. The fourth-order valence-electron chi connectivity index (χ4n) is 2.15. The molecule has 21 heavy (non-hydrogen) atoms. The van der Waals surface area contributed by atoms with Gasteiger partial charge in [-0.3, -0.25) is 10.1 Å². The predicted octanol–water partition coefficient (Wildman–Crippen LogP) is 2.94. The molecule has 0 heterocycles. The van der Waals surface area contributed by atoms with E-state index >= 15 is 0 Å². The van der Waals surface area contributed by atoms with E-state index in [1.165, 1.54) is 6.07 Å². The van der Waals surface area contributed by atoms with Crippen molar-refractivity contribution in [1.82, 2.24) is 5.32 Å². The highest BCUT2D eigenvalue weighted by atomic mass is 16.6. The molecule has 0 aliphatic rings. The van der Waals surface area contributed by atoms with Gasteiger partial charge in [0, 0.05) is 30.2 Å². The maximum Gasteiger partial charge on any atom is 0.272 e. The van der Waals surface area contributed by atoms with Gasteiger partial charge in [-0.1, -0.05) is 36.4 Å². The third-order valence-electron chi connectivity index (χ3n) is 3.16. The molecule has 5 heteroatoms. The summed E-state index contributed by atoms with van der Waals surface area (Å²) in [6.45, 7) is 1.13. The van der Waals surface area contributed by atoms with Crippen LogP contribution in [0.2, 0.25) is 0 Å². The molecule has 2 aromatic carbocycles. The molecule has 0 radical (unpaired) electrons. The Labute approximate surface area is 123 Å². The highest BCUT2D eigenvalue weighted by molar-refractivity contribution is 5.40. The Morgan fingerprint density at radius 1 is 1.10 bits per heavy atom. The van der Waals surface area contributed by atoms with Gasteiger partial charge in [0.25, 0.3) is 5.69 Å². The van der Waals surface area contributed by atoms with E-state index in [2.05, 4.69) is 5.32 Å². The minimum Gasteiger partial charge on any atom is -0.493 e. The molecule has 110 valence electrons. The molecule has 0 saturated heterocycles. The summed E-state index contributed by atoms with van der Waals surface area (Å²) >= 11 is 0. The molecule has 0 aliphatic heterocycles. The smallest absolute Gasteiger partial charge is 0.272 e. The maximum absolute atomic E-state index is 11.0. The molecule has 0 atom stereocenters. The normalized spacial score (nSPS) is 10.3. The van der Waals surface area contributed by atoms with Crippen molar-refractivity contribution in [3.63, 3.8) is 0 Å². The van der Waals surface area contributed by atoms with E-state index in [-0.39, 0.29) is 10.6 Å². The minimum absolute atomic E-state index is 0.143. The lowest BCUT2D eigenvalue weighted by atomic mass is 10.1. The first kappa shape index (κ1) is 15.0. The van der Waals surface area contributed by atoms with E-state index in [4.69, 9.17) is 4.74 Å². The average molecular weight is 286 g/mol. The fourth-order valence-corrected chi connectivity index (χ4v) is 2.15. The monoisotopic (exact) mass is 286 g/mol. The number of ether oxygens (including phenoxy) is 1. The van der Waals surface area contributed by atoms with Gasteiger partial charge in [-0.15, -0.1) is 0 Å². The second kappa shape index (κ2) is 7.40. The van der Waals surface area contributed by atoms with E-state index < -0.39 is 0 Å². The van der Waals surface area contributed by atoms with Gasteiger partial charge in [-0.2, -0.15) is 0 Å². The van der Waals surface area contributed by atoms with Crippen molar-refractivity contribution < 1.29 is 9.66 Å². The molecule has 2 rings (SSSR count). The van der Waals surface area contributed by atoms with Crippen LogP contribution < -0.4 is 10.1 Å². The van der Waals surface area contributed by atoms with Gasteiger partial charge >= 0.3 is 0 Å². The van der Waals surface area contributed by atoms with Gasteiger partial charge in [0.2, 0.25) is 0 Å². The molecule has 0 saturated carbocycles. The van der Waals surface area contributed by atoms with Crippen molar-refractivity contribution in [3.8, 4) is 5.75 Å². The Hall–Kier alpha value is -2.40. The van der Waals surface area contributed by atoms with Gasteiger partial charge in [-0.25, -0.2) is 0 Å². The van der Waals surface area contributed by atoms with Crippen LogP contribution in [0.25, 0.3) is 0 Å². The number of nitrogens with one attached hydrogen (secondary N) is 1. The summed E-state index contributed by atoms with van der Waals surface area (Å²) in [4.78, 5) is 10.6. The van der Waals surface area contributed by atoms with Crippen molar-refractivity contribution in [2.45, 2.75) is 13.0 Å². The summed E-state index contributed by atoms with van der Waals surface area (Å²) in [5.41, 5.74) is 1.90. The Kier molecular flexibility index (Phi) is 5.29. The zero-order valence-corrected chi connectivity index (χ0v) is 11.9. The largest absolute Gasteiger partial charge is 0.493 e. The second-order valence-corrected chi connectivity index (χ2v) is 4.62. The van der Waals surface area contributed by atoms with Crippen LogP contribution in [0.4, 0.5) is 5.69 Å². The third-order valence-corrected chi connectivity index (χ3v) is 3.16. The van der Waals surface area contributed by atoms with Crippen molar-refractivity contribution >= 4 is 5.69 Å². The minimum atomic E-state index is -0.357. The Balaban J connectivity index is 2.01. The predicted molar refractivity (Wildman–Crippen MR) is 81.5 cm³/mol. The average Bonchev–Trinajstić information content (AvgIpc) is 2.49. The highest BCUT2D eigenvalue weighted by Gasteiger charge is 2.12. The van der Waals surface area contributed by atoms with E-state index in [0.29, 0.717) is 18.6 Å². The van der Waals surface area contributed by atoms with E-state index in [1.807, 2.05) is 31.3 Å². The molecule has 5 nitrogen and oxygen atoms in total. The summed E-state index contributed by atoms with van der Waals surface area (Å²) in [5, 5.41) is 14.0. The first-order valence-corrected chi connectivity index (χ1v) is 6.80. The zero-order chi connectivity index (χ0) is 15.1. The number of nitro benzene ring substituents is 1. The number of nitrogens with zero attached hydrogens (tertiary/aromatic N) is 1. The first-order valence-electron chi connectivity index (χ1n) is 6.80. The van der Waals surface area contributed by atoms with Gasteiger partial charge in [0.1, 0.15) is 5.75 Å². The molecule has 0 fully saturated rings. The summed E-state index contributed by atoms with van der Waals surface area (Å²) in [7, 11) is 1.88. The fraction of sp³-hybridized carbons (Fsp3) is 0.250. The van der Waals surface area contributed by atoms with Gasteiger partial charge in [0.15, 0.2) is 0 Å². The molecule has 0 unspecified atom stereocenters. The molecule has 0 spiro atoms. The lowest BCUT2D eigenvalue weighted by Crippen LogP contribution is -2.09. The quantitative estimate of drug-likeness (QED) is 0.628. The summed E-state index contributed by atoms with van der Waals surface area (Å²) in [5.74, 6) is 0.811. The Morgan fingerprint density at radius 3 is 2.48 bits per heavy atom. The molecular formula is C16H18N2O3. The van der Waals surface area contributed by atoms with Crippen molar-refractivity contribution in [2.24, 2.45) is 0 Å². The van der Waals surface area contributed by atoms with Crippen LogP contribution in [0.1, 0.15) is 11.1 Å². The Morgan fingerprint density at radius 2 is 1.76 bits per heavy atom. The van der Waals surface area contributed by atoms with Crippen molar-refractivity contribution in [2.75, 3.05) is 13.7 Å². The summed E-state index contributed by atoms with van der Waals surface area (Å²) in [6.07, 6.45) is 0.505. The summed E-state index contributed by atoms with van der Waals surface area (Å²) < 4.78 is 5.77. The van der Waals surface area contributed by atoms with Gasteiger partial charge < -0.3 is 10.1 Å². The molecule has 0 amide bonds. The van der Waals surface area contributed by atoms with E-state index in [9.17, 15) is 10.1 Å². The second-order valence-electron chi connectivity index (χ2n) is 4.62. The SMILES string of the molecule is CNCc1ccccc1OCCc1ccccc1[N+](=O)[O-]. The number of hydrogen-bond acceptors (Lipinski definition) is 4. The molecule has 0 bridgehead atoms. The zero-order valence-electron chi connectivity index (χ0n) is 11.9. The molecule has 0 aliphatic carbocycles. The first-order chi connectivity index (χ1) is 10.2. The molecule has 1 N–H and O–H groups in total. The van der Waals surface area contributed by atoms with Crippen LogP contribution in [-0.4, -0.2) is 18.6 Å². The van der Waals surface area contributed by atoms with E-state index in [0.717, 1.165) is 17.9 Å². The highest BCUT2D eigenvalue weighted by Crippen LogP contribution is 2.20. The van der Waals surface area contributed by atoms with Gasteiger partial charge in [0.05, 0.1) is 11.5 Å². The van der Waals surface area contributed by atoms with Gasteiger partial charge in [-0.05, 0) is 13.1 Å². The van der Waals surface area contributed by atoms with E-state index in [1.54, 1.807) is 18.2 Å². The third kappa shape index (κ3) is 4.03. The molecular weight excluding hydrogens is 268 g/mol. The Bertz CT molecular complexity index is 614. The van der Waals surface area contributed by atoms with Crippen molar-refractivity contribution in [3.05, 3.63) is 69.8 Å². The van der Waals surface area contributed by atoms with Crippen LogP contribution in [0, 0.1) is 10.1 Å². The van der Waals surface area contributed by atoms with Crippen LogP contribution >= 0.6 is 0 Å².